The summed E-state index contributed by atoms with van der Waals surface area (Å²) in [4.78, 5) is 23.7. The van der Waals surface area contributed by atoms with E-state index in [0.717, 1.165) is 18.8 Å². The lowest BCUT2D eigenvalue weighted by Crippen LogP contribution is -2.36. The fraction of sp³-hybridized carbons (Fsp3) is 0.417. The number of ether oxygens (including phenoxy) is 1. The molecule has 1 fully saturated rings. The van der Waals surface area contributed by atoms with Gasteiger partial charge in [-0.2, -0.15) is 0 Å². The second-order valence-electron chi connectivity index (χ2n) is 3.90. The zero-order valence-electron chi connectivity index (χ0n) is 9.26. The molecule has 5 nitrogen and oxygen atoms in total. The first-order valence-corrected chi connectivity index (χ1v) is 5.43. The predicted octanol–water partition coefficient (Wildman–Crippen LogP) is 0.231. The molecule has 1 aliphatic carbocycles. The summed E-state index contributed by atoms with van der Waals surface area (Å²) in [7, 11) is 0. The Morgan fingerprint density at radius 1 is 1.47 bits per heavy atom. The van der Waals surface area contributed by atoms with E-state index in [0.29, 0.717) is 13.2 Å². The van der Waals surface area contributed by atoms with Crippen LogP contribution in [0.5, 0.6) is 0 Å². The molecule has 2 aliphatic rings. The number of carbonyl (C=O) groups excluding carboxylic acids is 1. The van der Waals surface area contributed by atoms with Crippen molar-refractivity contribution in [2.45, 2.75) is 0 Å². The summed E-state index contributed by atoms with van der Waals surface area (Å²) in [6.07, 6.45) is 4.86. The minimum absolute atomic E-state index is 0.168. The first-order valence-electron chi connectivity index (χ1n) is 5.43. The lowest BCUT2D eigenvalue weighted by Gasteiger charge is -2.31. The molecule has 1 unspecified atom stereocenters. The van der Waals surface area contributed by atoms with E-state index < -0.39 is 11.9 Å². The van der Waals surface area contributed by atoms with Crippen molar-refractivity contribution in [2.75, 3.05) is 26.3 Å². The molecule has 1 heterocycles. The van der Waals surface area contributed by atoms with E-state index in [1.807, 2.05) is 0 Å². The number of morpholine rings is 1. The normalized spacial score (nSPS) is 24.2. The fourth-order valence-corrected chi connectivity index (χ4v) is 1.92. The van der Waals surface area contributed by atoms with Crippen molar-refractivity contribution >= 4 is 11.9 Å². The Morgan fingerprint density at radius 3 is 2.76 bits per heavy atom. The van der Waals surface area contributed by atoms with Crippen LogP contribution in [0.15, 0.2) is 29.5 Å². The molecular weight excluding hydrogens is 222 g/mol. The topological polar surface area (TPSA) is 66.8 Å². The number of hydrogen-bond donors (Lipinski definition) is 1. The molecule has 0 radical (unpaired) electrons. The Bertz CT molecular complexity index is 426. The number of carbonyl (C=O) groups is 1. The lowest BCUT2D eigenvalue weighted by atomic mass is 9.94. The van der Waals surface area contributed by atoms with Crippen LogP contribution in [-0.4, -0.2) is 48.2 Å². The number of allylic oxidation sites excluding steroid dienone is 2. The van der Waals surface area contributed by atoms with Gasteiger partial charge in [0.15, 0.2) is 0 Å². The molecule has 1 atom stereocenters. The first-order chi connectivity index (χ1) is 8.22. The Kier molecular flexibility index (Phi) is 3.42. The van der Waals surface area contributed by atoms with Crippen LogP contribution in [0.25, 0.3) is 0 Å². The summed E-state index contributed by atoms with van der Waals surface area (Å²) in [5.74, 6) is -0.203. The van der Waals surface area contributed by atoms with Crippen LogP contribution in [0, 0.1) is 5.92 Å². The third-order valence-corrected chi connectivity index (χ3v) is 2.86. The van der Waals surface area contributed by atoms with Crippen molar-refractivity contribution in [2.24, 2.45) is 5.92 Å². The number of carboxylic acid groups (broad SMARTS) is 1. The van der Waals surface area contributed by atoms with Crippen molar-refractivity contribution in [1.82, 2.24) is 4.90 Å². The van der Waals surface area contributed by atoms with E-state index in [2.05, 4.69) is 4.90 Å². The monoisotopic (exact) mass is 235 g/mol. The van der Waals surface area contributed by atoms with Gasteiger partial charge in [0.25, 0.3) is 0 Å². The molecule has 5 heteroatoms. The predicted molar refractivity (Wildman–Crippen MR) is 59.9 cm³/mol. The molecule has 0 spiro atoms. The molecule has 1 aliphatic heterocycles. The van der Waals surface area contributed by atoms with E-state index in [-0.39, 0.29) is 5.57 Å². The van der Waals surface area contributed by atoms with Crippen LogP contribution in [0.2, 0.25) is 0 Å². The van der Waals surface area contributed by atoms with Crippen LogP contribution < -0.4 is 0 Å². The van der Waals surface area contributed by atoms with Gasteiger partial charge < -0.3 is 14.7 Å². The van der Waals surface area contributed by atoms with E-state index in [9.17, 15) is 9.59 Å². The van der Waals surface area contributed by atoms with E-state index in [1.54, 1.807) is 18.1 Å². The summed E-state index contributed by atoms with van der Waals surface area (Å²) in [6.45, 7) is 2.79. The van der Waals surface area contributed by atoms with Crippen LogP contribution in [0.1, 0.15) is 0 Å². The Morgan fingerprint density at radius 2 is 2.18 bits per heavy atom. The summed E-state index contributed by atoms with van der Waals surface area (Å²) in [5.41, 5.74) is 1.02. The molecule has 0 bridgehead atoms. The molecule has 17 heavy (non-hydrogen) atoms. The van der Waals surface area contributed by atoms with E-state index in [4.69, 9.17) is 9.84 Å². The second-order valence-corrected chi connectivity index (χ2v) is 3.90. The number of nitrogens with zero attached hydrogens (tertiary/aromatic N) is 1. The molecule has 0 saturated carbocycles. The van der Waals surface area contributed by atoms with Crippen molar-refractivity contribution in [3.8, 4) is 0 Å². The van der Waals surface area contributed by atoms with Gasteiger partial charge in [0.05, 0.1) is 18.8 Å². The van der Waals surface area contributed by atoms with Crippen molar-refractivity contribution < 1.29 is 19.4 Å². The molecule has 0 amide bonds. The zero-order chi connectivity index (χ0) is 12.3. The van der Waals surface area contributed by atoms with E-state index >= 15 is 0 Å². The summed E-state index contributed by atoms with van der Waals surface area (Å²) >= 11 is 0. The van der Waals surface area contributed by atoms with E-state index in [1.165, 1.54) is 6.08 Å². The number of aliphatic carboxylic acids is 1. The van der Waals surface area contributed by atoms with Crippen molar-refractivity contribution in [3.05, 3.63) is 29.5 Å². The van der Waals surface area contributed by atoms with Crippen molar-refractivity contribution in [1.29, 1.82) is 0 Å². The Labute approximate surface area is 98.7 Å². The summed E-state index contributed by atoms with van der Waals surface area (Å²) in [5, 5.41) is 8.92. The van der Waals surface area contributed by atoms with Gasteiger partial charge in [-0.15, -0.1) is 0 Å². The Balaban J connectivity index is 2.19. The van der Waals surface area contributed by atoms with Crippen LogP contribution in [0.3, 0.4) is 0 Å². The van der Waals surface area contributed by atoms with Gasteiger partial charge in [0, 0.05) is 18.8 Å². The fourth-order valence-electron chi connectivity index (χ4n) is 1.92. The average molecular weight is 235 g/mol. The van der Waals surface area contributed by atoms with Gasteiger partial charge in [-0.25, -0.2) is 4.79 Å². The Hall–Kier alpha value is -1.84. The third-order valence-electron chi connectivity index (χ3n) is 2.86. The molecule has 0 aromatic rings. The average Bonchev–Trinajstić information content (AvgIpc) is 2.39. The molecular formula is C12H13NO4. The smallest absolute Gasteiger partial charge is 0.315 e. The van der Waals surface area contributed by atoms with Gasteiger partial charge in [-0.3, -0.25) is 4.79 Å². The molecule has 1 saturated heterocycles. The molecule has 90 valence electrons. The largest absolute Gasteiger partial charge is 0.481 e. The minimum Gasteiger partial charge on any atom is -0.481 e. The van der Waals surface area contributed by atoms with Crippen LogP contribution >= 0.6 is 0 Å². The minimum atomic E-state index is -1.03. The maximum Gasteiger partial charge on any atom is 0.315 e. The lowest BCUT2D eigenvalue weighted by molar-refractivity contribution is -0.138. The molecule has 2 rings (SSSR count). The van der Waals surface area contributed by atoms with Gasteiger partial charge >= 0.3 is 5.97 Å². The van der Waals surface area contributed by atoms with Crippen molar-refractivity contribution in [3.63, 3.8) is 0 Å². The van der Waals surface area contributed by atoms with Crippen LogP contribution in [-0.2, 0) is 14.3 Å². The molecule has 1 N–H and O–H groups in total. The second kappa shape index (κ2) is 4.99. The standard InChI is InChI=1S/C12H13NO4/c14-8-9-7-10(1-2-11(9)12(15)16)13-3-5-17-6-4-13/h1-2,7,11H,3-6H2,(H,15,16). The maximum absolute atomic E-state index is 10.9. The first kappa shape index (κ1) is 11.6. The summed E-state index contributed by atoms with van der Waals surface area (Å²) in [6, 6.07) is 0. The number of hydrogen-bond acceptors (Lipinski definition) is 4. The highest BCUT2D eigenvalue weighted by atomic mass is 16.5. The zero-order valence-corrected chi connectivity index (χ0v) is 9.26. The SMILES string of the molecule is O=C=C1C=C(N2CCOCC2)C=CC1C(=O)O. The molecule has 0 aromatic carbocycles. The molecule has 0 aromatic heterocycles. The van der Waals surface area contributed by atoms with Crippen LogP contribution in [0.4, 0.5) is 0 Å². The van der Waals surface area contributed by atoms with Gasteiger partial charge in [0.1, 0.15) is 11.9 Å². The van der Waals surface area contributed by atoms with Gasteiger partial charge in [-0.05, 0) is 12.2 Å². The number of carboxylic acids is 1. The maximum atomic E-state index is 10.9. The quantitative estimate of drug-likeness (QED) is 0.694. The summed E-state index contributed by atoms with van der Waals surface area (Å²) < 4.78 is 5.23. The highest BCUT2D eigenvalue weighted by molar-refractivity contribution is 5.82. The highest BCUT2D eigenvalue weighted by Gasteiger charge is 2.24. The van der Waals surface area contributed by atoms with Gasteiger partial charge in [0.2, 0.25) is 0 Å². The third kappa shape index (κ3) is 2.46. The van der Waals surface area contributed by atoms with Gasteiger partial charge in [-0.1, -0.05) is 6.08 Å². The highest BCUT2D eigenvalue weighted by Crippen LogP contribution is 2.23. The number of rotatable bonds is 2.